The van der Waals surface area contributed by atoms with Crippen LogP contribution >= 0.6 is 0 Å². The van der Waals surface area contributed by atoms with Crippen molar-refractivity contribution in [2.24, 2.45) is 0 Å². The quantitative estimate of drug-likeness (QED) is 0.279. The van der Waals surface area contributed by atoms with Gasteiger partial charge >= 0.3 is 0 Å². The standard InChI is InChI=1S/C28H16N2/c1-3-10-24-17(6-1)23-14-16-12-13-21-20-9-5-8-19-18-7-2-4-11-26(18)30(27(19)20)28(21)22(16)15-25(23)29-24/h1-15,29H. The average Bonchev–Trinajstić information content (AvgIpc) is 3.44. The van der Waals surface area contributed by atoms with E-state index < -0.39 is 0 Å². The molecule has 0 spiro atoms. The number of para-hydroxylation sites is 3. The first kappa shape index (κ1) is 14.9. The second kappa shape index (κ2) is 4.92. The Morgan fingerprint density at radius 1 is 0.467 bits per heavy atom. The van der Waals surface area contributed by atoms with Gasteiger partial charge in [-0.05, 0) is 29.7 Å². The summed E-state index contributed by atoms with van der Waals surface area (Å²) in [6.45, 7) is 0. The van der Waals surface area contributed by atoms with Crippen LogP contribution in [0.4, 0.5) is 0 Å². The molecular formula is C28H16N2. The summed E-state index contributed by atoms with van der Waals surface area (Å²) in [6.07, 6.45) is 0. The molecule has 30 heavy (non-hydrogen) atoms. The number of hydrogen-bond donors (Lipinski definition) is 1. The van der Waals surface area contributed by atoms with Crippen molar-refractivity contribution in [1.29, 1.82) is 0 Å². The molecule has 0 saturated heterocycles. The maximum atomic E-state index is 3.63. The maximum absolute atomic E-state index is 3.63. The number of H-pyrrole nitrogens is 1. The minimum atomic E-state index is 1.19. The lowest BCUT2D eigenvalue weighted by atomic mass is 10.0. The number of aromatic amines is 1. The maximum Gasteiger partial charge on any atom is 0.0620 e. The number of hydrogen-bond acceptors (Lipinski definition) is 0. The molecular weight excluding hydrogens is 364 g/mol. The third-order valence-electron chi connectivity index (χ3n) is 6.82. The molecule has 0 saturated carbocycles. The lowest BCUT2D eigenvalue weighted by Crippen LogP contribution is -1.83. The van der Waals surface area contributed by atoms with Crippen molar-refractivity contribution in [1.82, 2.24) is 9.38 Å². The van der Waals surface area contributed by atoms with Gasteiger partial charge in [-0.15, -0.1) is 0 Å². The fourth-order valence-corrected chi connectivity index (χ4v) is 5.58. The van der Waals surface area contributed by atoms with Crippen molar-refractivity contribution < 1.29 is 0 Å². The Labute approximate surface area is 171 Å². The third kappa shape index (κ3) is 1.60. The van der Waals surface area contributed by atoms with E-state index in [4.69, 9.17) is 0 Å². The fourth-order valence-electron chi connectivity index (χ4n) is 5.58. The molecule has 0 radical (unpaired) electrons. The Hall–Kier alpha value is -4.04. The summed E-state index contributed by atoms with van der Waals surface area (Å²) in [5, 5.41) is 10.5. The molecule has 8 aromatic rings. The normalized spacial score (nSPS) is 12.7. The van der Waals surface area contributed by atoms with Crippen LogP contribution in [0.5, 0.6) is 0 Å². The van der Waals surface area contributed by atoms with Crippen molar-refractivity contribution >= 4 is 70.7 Å². The predicted octanol–water partition coefficient (Wildman–Crippen LogP) is 7.62. The zero-order valence-corrected chi connectivity index (χ0v) is 16.1. The molecule has 138 valence electrons. The van der Waals surface area contributed by atoms with Gasteiger partial charge in [-0.3, -0.25) is 0 Å². The molecule has 0 bridgehead atoms. The van der Waals surface area contributed by atoms with Crippen LogP contribution in [0.2, 0.25) is 0 Å². The third-order valence-corrected chi connectivity index (χ3v) is 6.82. The SMILES string of the molecule is c1ccc2c(c1)[nH]c1cc3c(ccc4c5cccc6c7ccccc7n(c34)c65)cc12. The minimum absolute atomic E-state index is 1.19. The monoisotopic (exact) mass is 380 g/mol. The zero-order chi connectivity index (χ0) is 19.4. The minimum Gasteiger partial charge on any atom is -0.354 e. The second-order valence-electron chi connectivity index (χ2n) is 8.31. The van der Waals surface area contributed by atoms with E-state index in [1.54, 1.807) is 0 Å². The van der Waals surface area contributed by atoms with E-state index in [9.17, 15) is 0 Å². The van der Waals surface area contributed by atoms with Crippen molar-refractivity contribution in [2.75, 3.05) is 0 Å². The summed E-state index contributed by atoms with van der Waals surface area (Å²) in [7, 11) is 0. The summed E-state index contributed by atoms with van der Waals surface area (Å²) < 4.78 is 2.48. The highest BCUT2D eigenvalue weighted by Crippen LogP contribution is 2.42. The van der Waals surface area contributed by atoms with Gasteiger partial charge in [-0.2, -0.15) is 0 Å². The van der Waals surface area contributed by atoms with Gasteiger partial charge in [0.2, 0.25) is 0 Å². The highest BCUT2D eigenvalue weighted by molar-refractivity contribution is 6.28. The Morgan fingerprint density at radius 3 is 2.10 bits per heavy atom. The van der Waals surface area contributed by atoms with Gasteiger partial charge in [-0.25, -0.2) is 0 Å². The lowest BCUT2D eigenvalue weighted by molar-refractivity contribution is 1.38. The van der Waals surface area contributed by atoms with E-state index >= 15 is 0 Å². The molecule has 0 aliphatic rings. The van der Waals surface area contributed by atoms with Crippen LogP contribution in [0.3, 0.4) is 0 Å². The number of rotatable bonds is 0. The summed E-state index contributed by atoms with van der Waals surface area (Å²) >= 11 is 0. The highest BCUT2D eigenvalue weighted by Gasteiger charge is 2.19. The average molecular weight is 380 g/mol. The molecule has 2 heteroatoms. The van der Waals surface area contributed by atoms with Crippen LogP contribution in [-0.4, -0.2) is 9.38 Å². The molecule has 3 aromatic heterocycles. The smallest absolute Gasteiger partial charge is 0.0620 e. The zero-order valence-electron chi connectivity index (χ0n) is 16.1. The van der Waals surface area contributed by atoms with E-state index in [0.29, 0.717) is 0 Å². The van der Waals surface area contributed by atoms with Gasteiger partial charge in [-0.1, -0.05) is 66.7 Å². The first-order valence-corrected chi connectivity index (χ1v) is 10.4. The van der Waals surface area contributed by atoms with Crippen LogP contribution in [-0.2, 0) is 0 Å². The summed E-state index contributed by atoms with van der Waals surface area (Å²) in [6, 6.07) is 33.3. The molecule has 0 amide bonds. The van der Waals surface area contributed by atoms with E-state index in [-0.39, 0.29) is 0 Å². The van der Waals surface area contributed by atoms with Crippen LogP contribution in [0.1, 0.15) is 0 Å². The Balaban J connectivity index is 1.70. The van der Waals surface area contributed by atoms with Gasteiger partial charge < -0.3 is 9.38 Å². The van der Waals surface area contributed by atoms with E-state index in [1.165, 1.54) is 70.7 Å². The molecule has 1 N–H and O–H groups in total. The van der Waals surface area contributed by atoms with Crippen LogP contribution in [0.25, 0.3) is 70.7 Å². The van der Waals surface area contributed by atoms with Crippen LogP contribution < -0.4 is 0 Å². The molecule has 2 nitrogen and oxygen atoms in total. The van der Waals surface area contributed by atoms with Crippen LogP contribution in [0, 0.1) is 0 Å². The first-order valence-electron chi connectivity index (χ1n) is 10.4. The van der Waals surface area contributed by atoms with Crippen molar-refractivity contribution in [3.63, 3.8) is 0 Å². The summed E-state index contributed by atoms with van der Waals surface area (Å²) in [5.41, 5.74) is 6.30. The topological polar surface area (TPSA) is 20.2 Å². The van der Waals surface area contributed by atoms with Crippen molar-refractivity contribution in [3.05, 3.63) is 91.0 Å². The van der Waals surface area contributed by atoms with Crippen LogP contribution in [0.15, 0.2) is 91.0 Å². The molecule has 0 fully saturated rings. The molecule has 0 atom stereocenters. The van der Waals surface area contributed by atoms with Gasteiger partial charge in [0, 0.05) is 48.7 Å². The fraction of sp³-hybridized carbons (Fsp3) is 0. The highest BCUT2D eigenvalue weighted by atomic mass is 14.9. The largest absolute Gasteiger partial charge is 0.354 e. The Morgan fingerprint density at radius 2 is 1.17 bits per heavy atom. The predicted molar refractivity (Wildman–Crippen MR) is 128 cm³/mol. The molecule has 3 heterocycles. The van der Waals surface area contributed by atoms with E-state index in [1.807, 2.05) is 0 Å². The molecule has 8 rings (SSSR count). The Kier molecular flexibility index (Phi) is 2.44. The number of nitrogens with one attached hydrogen (secondary N) is 1. The van der Waals surface area contributed by atoms with E-state index in [0.717, 1.165) is 0 Å². The van der Waals surface area contributed by atoms with Crippen molar-refractivity contribution in [3.8, 4) is 0 Å². The Bertz CT molecular complexity index is 1950. The number of benzene rings is 5. The summed E-state index contributed by atoms with van der Waals surface area (Å²) in [4.78, 5) is 3.63. The first-order chi connectivity index (χ1) is 14.9. The second-order valence-corrected chi connectivity index (χ2v) is 8.31. The van der Waals surface area contributed by atoms with Gasteiger partial charge in [0.15, 0.2) is 0 Å². The number of fused-ring (bicyclic) bond motifs is 11. The molecule has 0 unspecified atom stereocenters. The van der Waals surface area contributed by atoms with Gasteiger partial charge in [0.1, 0.15) is 0 Å². The molecule has 5 aromatic carbocycles. The van der Waals surface area contributed by atoms with Crippen molar-refractivity contribution in [2.45, 2.75) is 0 Å². The van der Waals surface area contributed by atoms with E-state index in [2.05, 4.69) is 100 Å². The molecule has 0 aliphatic heterocycles. The van der Waals surface area contributed by atoms with Gasteiger partial charge in [0.25, 0.3) is 0 Å². The number of aromatic nitrogens is 2. The number of nitrogens with zero attached hydrogens (tertiary/aromatic N) is 1. The lowest BCUT2D eigenvalue weighted by Gasteiger charge is -2.04. The van der Waals surface area contributed by atoms with Gasteiger partial charge in [0.05, 0.1) is 16.6 Å². The molecule has 0 aliphatic carbocycles. The summed E-state index contributed by atoms with van der Waals surface area (Å²) in [5.74, 6) is 0.